The van der Waals surface area contributed by atoms with Crippen molar-refractivity contribution in [3.63, 3.8) is 0 Å². The number of rotatable bonds is 5. The van der Waals surface area contributed by atoms with Crippen LogP contribution in [0.5, 0.6) is 0 Å². The number of hydrogen-bond donors (Lipinski definition) is 1. The van der Waals surface area contributed by atoms with E-state index in [9.17, 15) is 4.39 Å². The van der Waals surface area contributed by atoms with Gasteiger partial charge in [0.25, 0.3) is 0 Å². The zero-order chi connectivity index (χ0) is 16.4. The number of nitrogens with one attached hydrogen (secondary N) is 1. The van der Waals surface area contributed by atoms with Crippen LogP contribution in [-0.2, 0) is 13.5 Å². The molecule has 0 saturated heterocycles. The summed E-state index contributed by atoms with van der Waals surface area (Å²) in [5.74, 6) is 0.591. The minimum atomic E-state index is -0.275. The highest BCUT2D eigenvalue weighted by molar-refractivity contribution is 5.76. The van der Waals surface area contributed by atoms with E-state index in [-0.39, 0.29) is 11.9 Å². The predicted octanol–water partition coefficient (Wildman–Crippen LogP) is 2.70. The van der Waals surface area contributed by atoms with E-state index in [4.69, 9.17) is 0 Å². The van der Waals surface area contributed by atoms with Crippen LogP contribution in [0.1, 0.15) is 30.0 Å². The Morgan fingerprint density at radius 2 is 2.17 bits per heavy atom. The topological polar surface area (TPSA) is 55.6 Å². The first-order valence-corrected chi connectivity index (χ1v) is 7.67. The van der Waals surface area contributed by atoms with Crippen LogP contribution in [0.2, 0.25) is 0 Å². The molecule has 1 atom stereocenters. The van der Waals surface area contributed by atoms with E-state index >= 15 is 0 Å². The summed E-state index contributed by atoms with van der Waals surface area (Å²) in [7, 11) is 1.92. The summed E-state index contributed by atoms with van der Waals surface area (Å²) in [5.41, 5.74) is 3.32. The molecule has 0 radical (unpaired) electrons. The lowest BCUT2D eigenvalue weighted by Gasteiger charge is -2.15. The Morgan fingerprint density at radius 3 is 2.91 bits per heavy atom. The Kier molecular flexibility index (Phi) is 4.34. The molecule has 0 aliphatic heterocycles. The van der Waals surface area contributed by atoms with Crippen LogP contribution in [0, 0.1) is 12.7 Å². The molecule has 0 aliphatic carbocycles. The number of aromatic nitrogens is 4. The van der Waals surface area contributed by atoms with Crippen molar-refractivity contribution < 1.29 is 4.39 Å². The molecule has 1 unspecified atom stereocenters. The monoisotopic (exact) mass is 313 g/mol. The molecular formula is C17H20FN5. The minimum absolute atomic E-state index is 0.155. The first-order valence-electron chi connectivity index (χ1n) is 7.67. The van der Waals surface area contributed by atoms with Gasteiger partial charge in [0.2, 0.25) is 0 Å². The number of imidazole rings is 1. The number of benzene rings is 1. The number of para-hydroxylation sites is 1. The van der Waals surface area contributed by atoms with Gasteiger partial charge in [-0.2, -0.15) is 0 Å². The van der Waals surface area contributed by atoms with E-state index in [1.54, 1.807) is 12.4 Å². The highest BCUT2D eigenvalue weighted by atomic mass is 19.1. The van der Waals surface area contributed by atoms with Crippen molar-refractivity contribution in [1.29, 1.82) is 0 Å². The van der Waals surface area contributed by atoms with Gasteiger partial charge in [-0.3, -0.25) is 0 Å². The third-order valence-electron chi connectivity index (χ3n) is 4.17. The number of aryl methyl sites for hydroxylation is 2. The molecule has 0 saturated carbocycles. The number of fused-ring (bicyclic) bond motifs is 1. The molecule has 0 spiro atoms. The summed E-state index contributed by atoms with van der Waals surface area (Å²) in [6, 6.07) is 5.19. The van der Waals surface area contributed by atoms with Crippen LogP contribution in [-0.4, -0.2) is 26.1 Å². The molecule has 120 valence electrons. The van der Waals surface area contributed by atoms with Crippen molar-refractivity contribution in [2.75, 3.05) is 6.54 Å². The van der Waals surface area contributed by atoms with Crippen molar-refractivity contribution in [1.82, 2.24) is 24.8 Å². The van der Waals surface area contributed by atoms with Crippen LogP contribution < -0.4 is 5.32 Å². The van der Waals surface area contributed by atoms with Crippen LogP contribution in [0.3, 0.4) is 0 Å². The van der Waals surface area contributed by atoms with Gasteiger partial charge in [-0.05, 0) is 26.0 Å². The quantitative estimate of drug-likeness (QED) is 0.787. The summed E-state index contributed by atoms with van der Waals surface area (Å²) in [6.45, 7) is 4.80. The normalized spacial score (nSPS) is 12.7. The van der Waals surface area contributed by atoms with Crippen LogP contribution >= 0.6 is 0 Å². The van der Waals surface area contributed by atoms with Crippen LogP contribution in [0.25, 0.3) is 11.0 Å². The molecule has 0 fully saturated rings. The lowest BCUT2D eigenvalue weighted by molar-refractivity contribution is 0.560. The molecule has 2 heterocycles. The number of hydrogen-bond acceptors (Lipinski definition) is 4. The molecule has 5 nitrogen and oxygen atoms in total. The van der Waals surface area contributed by atoms with E-state index in [0.29, 0.717) is 5.52 Å². The van der Waals surface area contributed by atoms with E-state index in [1.807, 2.05) is 30.8 Å². The van der Waals surface area contributed by atoms with Gasteiger partial charge in [0.1, 0.15) is 17.7 Å². The van der Waals surface area contributed by atoms with Gasteiger partial charge in [0.05, 0.1) is 5.52 Å². The Hall–Kier alpha value is -2.34. The fraction of sp³-hybridized carbons (Fsp3) is 0.353. The van der Waals surface area contributed by atoms with Gasteiger partial charge < -0.3 is 9.88 Å². The van der Waals surface area contributed by atoms with E-state index in [2.05, 4.69) is 27.2 Å². The molecule has 3 rings (SSSR count). The second kappa shape index (κ2) is 6.42. The smallest absolute Gasteiger partial charge is 0.151 e. The third-order valence-corrected chi connectivity index (χ3v) is 4.17. The average Bonchev–Trinajstić information content (AvgIpc) is 2.86. The van der Waals surface area contributed by atoms with Crippen molar-refractivity contribution in [3.05, 3.63) is 53.6 Å². The molecule has 6 heteroatoms. The molecular weight excluding hydrogens is 293 g/mol. The zero-order valence-corrected chi connectivity index (χ0v) is 13.5. The largest absolute Gasteiger partial charge is 0.331 e. The SMILES string of the molecule is Cc1ncncc1C(C)NCCc1nc2c(F)cccc2n1C. The molecule has 23 heavy (non-hydrogen) atoms. The molecule has 2 aromatic heterocycles. The maximum Gasteiger partial charge on any atom is 0.151 e. The average molecular weight is 313 g/mol. The summed E-state index contributed by atoms with van der Waals surface area (Å²) < 4.78 is 15.7. The Labute approximate surface area is 134 Å². The summed E-state index contributed by atoms with van der Waals surface area (Å²) in [6.07, 6.45) is 4.12. The lowest BCUT2D eigenvalue weighted by Crippen LogP contribution is -2.23. The third kappa shape index (κ3) is 3.07. The molecule has 0 aliphatic rings. The Morgan fingerprint density at radius 1 is 1.35 bits per heavy atom. The van der Waals surface area contributed by atoms with Crippen molar-refractivity contribution >= 4 is 11.0 Å². The molecule has 1 N–H and O–H groups in total. The summed E-state index contributed by atoms with van der Waals surface area (Å²) >= 11 is 0. The Balaban J connectivity index is 1.68. The van der Waals surface area contributed by atoms with E-state index in [0.717, 1.165) is 35.6 Å². The maximum atomic E-state index is 13.8. The van der Waals surface area contributed by atoms with Crippen molar-refractivity contribution in [2.45, 2.75) is 26.3 Å². The second-order valence-electron chi connectivity index (χ2n) is 5.68. The maximum absolute atomic E-state index is 13.8. The first kappa shape index (κ1) is 15.6. The molecule has 3 aromatic rings. The van der Waals surface area contributed by atoms with Crippen LogP contribution in [0.4, 0.5) is 4.39 Å². The van der Waals surface area contributed by atoms with Gasteiger partial charge in [-0.25, -0.2) is 19.3 Å². The number of halogens is 1. The molecule has 0 amide bonds. The van der Waals surface area contributed by atoms with Crippen molar-refractivity contribution in [2.24, 2.45) is 7.05 Å². The van der Waals surface area contributed by atoms with Crippen LogP contribution in [0.15, 0.2) is 30.7 Å². The summed E-state index contributed by atoms with van der Waals surface area (Å²) in [5, 5.41) is 3.45. The highest BCUT2D eigenvalue weighted by Crippen LogP contribution is 2.18. The predicted molar refractivity (Wildman–Crippen MR) is 87.6 cm³/mol. The van der Waals surface area contributed by atoms with Gasteiger partial charge in [-0.1, -0.05) is 6.07 Å². The minimum Gasteiger partial charge on any atom is -0.331 e. The molecule has 0 bridgehead atoms. The summed E-state index contributed by atoms with van der Waals surface area (Å²) in [4.78, 5) is 12.7. The Bertz CT molecular complexity index is 827. The first-order chi connectivity index (χ1) is 11.1. The van der Waals surface area contributed by atoms with Crippen molar-refractivity contribution in [3.8, 4) is 0 Å². The molecule has 1 aromatic carbocycles. The van der Waals surface area contributed by atoms with Gasteiger partial charge in [0, 0.05) is 43.5 Å². The number of nitrogens with zero attached hydrogens (tertiary/aromatic N) is 4. The van der Waals surface area contributed by atoms with Gasteiger partial charge in [-0.15, -0.1) is 0 Å². The fourth-order valence-corrected chi connectivity index (χ4v) is 2.79. The zero-order valence-electron chi connectivity index (χ0n) is 13.5. The van der Waals surface area contributed by atoms with E-state index < -0.39 is 0 Å². The van der Waals surface area contributed by atoms with Gasteiger partial charge >= 0.3 is 0 Å². The fourth-order valence-electron chi connectivity index (χ4n) is 2.79. The highest BCUT2D eigenvalue weighted by Gasteiger charge is 2.12. The lowest BCUT2D eigenvalue weighted by atomic mass is 10.1. The van der Waals surface area contributed by atoms with E-state index in [1.165, 1.54) is 6.07 Å². The second-order valence-corrected chi connectivity index (χ2v) is 5.68. The van der Waals surface area contributed by atoms with Gasteiger partial charge in [0.15, 0.2) is 5.82 Å². The standard InChI is InChI=1S/C17H20FN5/c1-11(13-9-19-10-21-12(13)2)20-8-7-16-22-17-14(18)5-4-6-15(17)23(16)3/h4-6,9-11,20H,7-8H2,1-3H3.